The second kappa shape index (κ2) is 8.70. The Hall–Kier alpha value is -1.30. The van der Waals surface area contributed by atoms with Gasteiger partial charge in [0.05, 0.1) is 6.54 Å². The van der Waals surface area contributed by atoms with Gasteiger partial charge in [-0.25, -0.2) is 4.79 Å². The number of nitrogens with one attached hydrogen (secondary N) is 1. The molecule has 24 heavy (non-hydrogen) atoms. The van der Waals surface area contributed by atoms with Crippen molar-refractivity contribution in [2.75, 3.05) is 26.2 Å². The molecule has 140 valence electrons. The van der Waals surface area contributed by atoms with Crippen molar-refractivity contribution in [2.24, 2.45) is 11.3 Å². The number of aliphatic carboxylic acids is 1. The first-order chi connectivity index (χ1) is 11.0. The molecule has 0 atom stereocenters. The van der Waals surface area contributed by atoms with Crippen LogP contribution in [0, 0.1) is 11.3 Å². The van der Waals surface area contributed by atoms with E-state index in [1.165, 1.54) is 0 Å². The Labute approximate surface area is 146 Å². The number of carboxylic acids is 1. The average Bonchev–Trinajstić information content (AvgIpc) is 2.36. The minimum Gasteiger partial charge on any atom is -0.480 e. The summed E-state index contributed by atoms with van der Waals surface area (Å²) in [6.07, 6.45) is 1.66. The van der Waals surface area contributed by atoms with Crippen molar-refractivity contribution in [3.8, 4) is 0 Å². The third kappa shape index (κ3) is 7.07. The predicted octanol–water partition coefficient (Wildman–Crippen LogP) is 2.64. The third-order valence-electron chi connectivity index (χ3n) is 4.24. The van der Waals surface area contributed by atoms with E-state index in [1.54, 1.807) is 0 Å². The Kier molecular flexibility index (Phi) is 7.52. The average molecular weight is 341 g/mol. The monoisotopic (exact) mass is 341 g/mol. The SMILES string of the molecule is CCN(CC(=O)O)C1CC(NC(=O)N(CC(C)C)CC(C)(C)C)C1. The lowest BCUT2D eigenvalue weighted by atomic mass is 9.85. The molecule has 0 aliphatic heterocycles. The van der Waals surface area contributed by atoms with Crippen LogP contribution in [0.25, 0.3) is 0 Å². The van der Waals surface area contributed by atoms with Crippen molar-refractivity contribution in [2.45, 2.75) is 66.5 Å². The fourth-order valence-electron chi connectivity index (χ4n) is 3.18. The molecule has 0 heterocycles. The van der Waals surface area contributed by atoms with Crippen LogP contribution < -0.4 is 5.32 Å². The lowest BCUT2D eigenvalue weighted by Gasteiger charge is -2.43. The molecule has 1 aliphatic rings. The van der Waals surface area contributed by atoms with Gasteiger partial charge in [0.2, 0.25) is 0 Å². The molecule has 0 unspecified atom stereocenters. The van der Waals surface area contributed by atoms with Crippen LogP contribution in [0.15, 0.2) is 0 Å². The summed E-state index contributed by atoms with van der Waals surface area (Å²) in [5.41, 5.74) is 0.0644. The molecular weight excluding hydrogens is 306 g/mol. The summed E-state index contributed by atoms with van der Waals surface area (Å²) in [5, 5.41) is 12.1. The van der Waals surface area contributed by atoms with E-state index in [4.69, 9.17) is 5.11 Å². The molecule has 1 rings (SSSR count). The second-order valence-electron chi connectivity index (χ2n) is 8.56. The van der Waals surface area contributed by atoms with Gasteiger partial charge in [-0.05, 0) is 30.7 Å². The molecule has 0 aromatic heterocycles. The van der Waals surface area contributed by atoms with Crippen LogP contribution in [0.4, 0.5) is 4.79 Å². The number of nitrogens with zero attached hydrogens (tertiary/aromatic N) is 2. The molecule has 0 aromatic rings. The highest BCUT2D eigenvalue weighted by atomic mass is 16.4. The van der Waals surface area contributed by atoms with E-state index in [9.17, 15) is 9.59 Å². The van der Waals surface area contributed by atoms with Gasteiger partial charge in [-0.1, -0.05) is 41.5 Å². The first-order valence-electron chi connectivity index (χ1n) is 9.03. The van der Waals surface area contributed by atoms with Crippen molar-refractivity contribution in [1.82, 2.24) is 15.1 Å². The zero-order chi connectivity index (χ0) is 18.5. The summed E-state index contributed by atoms with van der Waals surface area (Å²) in [5.74, 6) is -0.365. The van der Waals surface area contributed by atoms with Crippen LogP contribution in [0.2, 0.25) is 0 Å². The quantitative estimate of drug-likeness (QED) is 0.712. The normalized spacial score (nSPS) is 20.8. The van der Waals surface area contributed by atoms with Crippen molar-refractivity contribution in [3.05, 3.63) is 0 Å². The first kappa shape index (κ1) is 20.7. The number of hydrogen-bond acceptors (Lipinski definition) is 3. The predicted molar refractivity (Wildman–Crippen MR) is 96.1 cm³/mol. The second-order valence-corrected chi connectivity index (χ2v) is 8.56. The molecule has 1 aliphatic carbocycles. The maximum absolute atomic E-state index is 12.6. The molecule has 0 aromatic carbocycles. The van der Waals surface area contributed by atoms with E-state index in [2.05, 4.69) is 39.9 Å². The molecule has 2 amide bonds. The number of likely N-dealkylation sites (N-methyl/N-ethyl adjacent to an activating group) is 1. The summed E-state index contributed by atoms with van der Waals surface area (Å²) in [6.45, 7) is 14.9. The van der Waals surface area contributed by atoms with Crippen molar-refractivity contribution in [1.29, 1.82) is 0 Å². The zero-order valence-electron chi connectivity index (χ0n) is 16.1. The van der Waals surface area contributed by atoms with Crippen molar-refractivity contribution < 1.29 is 14.7 Å². The molecule has 2 N–H and O–H groups in total. The Bertz CT molecular complexity index is 426. The highest BCUT2D eigenvalue weighted by Crippen LogP contribution is 2.26. The van der Waals surface area contributed by atoms with Crippen LogP contribution >= 0.6 is 0 Å². The first-order valence-corrected chi connectivity index (χ1v) is 9.03. The Morgan fingerprint density at radius 1 is 1.25 bits per heavy atom. The van der Waals surface area contributed by atoms with Gasteiger partial charge < -0.3 is 15.3 Å². The summed E-state index contributed by atoms with van der Waals surface area (Å²) in [4.78, 5) is 27.3. The Morgan fingerprint density at radius 3 is 2.25 bits per heavy atom. The summed E-state index contributed by atoms with van der Waals surface area (Å²) >= 11 is 0. The summed E-state index contributed by atoms with van der Waals surface area (Å²) in [6, 6.07) is 0.417. The number of carboxylic acid groups (broad SMARTS) is 1. The zero-order valence-corrected chi connectivity index (χ0v) is 16.1. The molecule has 6 heteroatoms. The van der Waals surface area contributed by atoms with Crippen LogP contribution in [-0.4, -0.2) is 65.2 Å². The van der Waals surface area contributed by atoms with E-state index in [-0.39, 0.29) is 30.1 Å². The molecule has 0 spiro atoms. The van der Waals surface area contributed by atoms with Crippen LogP contribution in [-0.2, 0) is 4.79 Å². The van der Waals surface area contributed by atoms with E-state index < -0.39 is 5.97 Å². The highest BCUT2D eigenvalue weighted by Gasteiger charge is 2.35. The van der Waals surface area contributed by atoms with Gasteiger partial charge in [-0.3, -0.25) is 9.69 Å². The topological polar surface area (TPSA) is 72.9 Å². The molecular formula is C18H35N3O3. The van der Waals surface area contributed by atoms with E-state index in [0.717, 1.165) is 32.5 Å². The fourth-order valence-corrected chi connectivity index (χ4v) is 3.18. The summed E-state index contributed by atoms with van der Waals surface area (Å²) < 4.78 is 0. The molecule has 1 saturated carbocycles. The molecule has 1 fully saturated rings. The Balaban J connectivity index is 2.50. The van der Waals surface area contributed by atoms with Crippen LogP contribution in [0.5, 0.6) is 0 Å². The third-order valence-corrected chi connectivity index (χ3v) is 4.24. The number of carbonyl (C=O) groups is 2. The standard InChI is InChI=1S/C18H35N3O3/c1-7-20(11-16(22)23)15-8-14(9-15)19-17(24)21(10-13(2)3)12-18(4,5)6/h13-15H,7-12H2,1-6H3,(H,19,24)(H,22,23). The maximum Gasteiger partial charge on any atom is 0.317 e. The van der Waals surface area contributed by atoms with Gasteiger partial charge in [0.1, 0.15) is 0 Å². The highest BCUT2D eigenvalue weighted by molar-refractivity contribution is 5.74. The van der Waals surface area contributed by atoms with Crippen molar-refractivity contribution in [3.63, 3.8) is 0 Å². The lowest BCUT2D eigenvalue weighted by molar-refractivity contribution is -0.139. The smallest absolute Gasteiger partial charge is 0.317 e. The van der Waals surface area contributed by atoms with E-state index in [0.29, 0.717) is 5.92 Å². The van der Waals surface area contributed by atoms with Crippen molar-refractivity contribution >= 4 is 12.0 Å². The fraction of sp³-hybridized carbons (Fsp3) is 0.889. The minimum atomic E-state index is -0.794. The van der Waals surface area contributed by atoms with Crippen LogP contribution in [0.1, 0.15) is 54.4 Å². The molecule has 0 saturated heterocycles. The van der Waals surface area contributed by atoms with Crippen LogP contribution in [0.3, 0.4) is 0 Å². The number of hydrogen-bond donors (Lipinski definition) is 2. The van der Waals surface area contributed by atoms with Gasteiger partial charge in [0.15, 0.2) is 0 Å². The van der Waals surface area contributed by atoms with Gasteiger partial charge >= 0.3 is 12.0 Å². The number of amides is 2. The lowest BCUT2D eigenvalue weighted by Crippen LogP contribution is -2.57. The number of carbonyl (C=O) groups excluding carboxylic acids is 1. The summed E-state index contributed by atoms with van der Waals surface area (Å²) in [7, 11) is 0. The largest absolute Gasteiger partial charge is 0.480 e. The molecule has 6 nitrogen and oxygen atoms in total. The van der Waals surface area contributed by atoms with E-state index in [1.807, 2.05) is 16.7 Å². The number of urea groups is 1. The molecule has 0 bridgehead atoms. The van der Waals surface area contributed by atoms with Gasteiger partial charge in [0.25, 0.3) is 0 Å². The van der Waals surface area contributed by atoms with Gasteiger partial charge in [-0.2, -0.15) is 0 Å². The van der Waals surface area contributed by atoms with Gasteiger partial charge in [-0.15, -0.1) is 0 Å². The minimum absolute atomic E-state index is 0.00311. The Morgan fingerprint density at radius 2 is 1.83 bits per heavy atom. The molecule has 0 radical (unpaired) electrons. The number of rotatable bonds is 8. The maximum atomic E-state index is 12.6. The van der Waals surface area contributed by atoms with Gasteiger partial charge in [0, 0.05) is 25.2 Å². The van der Waals surface area contributed by atoms with E-state index >= 15 is 0 Å².